The van der Waals surface area contributed by atoms with Crippen molar-refractivity contribution in [3.63, 3.8) is 0 Å². The molecule has 1 saturated heterocycles. The van der Waals surface area contributed by atoms with E-state index in [4.69, 9.17) is 0 Å². The number of nitrogens with zero attached hydrogens (tertiary/aromatic N) is 4. The number of likely N-dealkylation sites (N-methyl/N-ethyl adjacent to an activating group) is 1. The molecule has 168 valence electrons. The lowest BCUT2D eigenvalue weighted by Gasteiger charge is -2.36. The van der Waals surface area contributed by atoms with Crippen LogP contribution in [0, 0.1) is 6.92 Å². The van der Waals surface area contributed by atoms with Gasteiger partial charge in [-0.25, -0.2) is 4.68 Å². The van der Waals surface area contributed by atoms with E-state index in [0.29, 0.717) is 10.8 Å². The van der Waals surface area contributed by atoms with Crippen LogP contribution in [0.4, 0.5) is 11.4 Å². The van der Waals surface area contributed by atoms with Gasteiger partial charge in [0, 0.05) is 42.9 Å². The third-order valence-corrected chi connectivity index (χ3v) is 6.15. The van der Waals surface area contributed by atoms with Crippen molar-refractivity contribution in [3.05, 3.63) is 64.1 Å². The van der Waals surface area contributed by atoms with Crippen molar-refractivity contribution in [3.8, 4) is 0 Å². The molecule has 1 fully saturated rings. The van der Waals surface area contributed by atoms with Crippen molar-refractivity contribution in [1.29, 1.82) is 0 Å². The fraction of sp³-hybridized carbons (Fsp3) is 0.400. The summed E-state index contributed by atoms with van der Waals surface area (Å²) in [6.45, 7) is 13.3. The van der Waals surface area contributed by atoms with Crippen LogP contribution in [0.25, 0.3) is 10.8 Å². The quantitative estimate of drug-likeness (QED) is 0.665. The van der Waals surface area contributed by atoms with E-state index in [1.807, 2.05) is 32.0 Å². The third kappa shape index (κ3) is 4.25. The number of hydrogen-bond acceptors (Lipinski definition) is 5. The molecule has 1 amide bonds. The SMILES string of the molecule is CCN1CCN(c2ccc(NC(=O)c3nn(C(C)C)c(=O)c4ccccc34)cc2C)CC1. The summed E-state index contributed by atoms with van der Waals surface area (Å²) in [6, 6.07) is 13.0. The van der Waals surface area contributed by atoms with Gasteiger partial charge in [-0.2, -0.15) is 5.10 Å². The minimum atomic E-state index is -0.320. The number of nitrogens with one attached hydrogen (secondary N) is 1. The predicted octanol–water partition coefficient (Wildman–Crippen LogP) is 3.68. The molecule has 0 saturated carbocycles. The predicted molar refractivity (Wildman–Crippen MR) is 130 cm³/mol. The second-order valence-corrected chi connectivity index (χ2v) is 8.61. The number of carbonyl (C=O) groups is 1. The molecule has 0 radical (unpaired) electrons. The van der Waals surface area contributed by atoms with Crippen LogP contribution in [0.1, 0.15) is 42.9 Å². The number of hydrogen-bond donors (Lipinski definition) is 1. The van der Waals surface area contributed by atoms with E-state index in [-0.39, 0.29) is 23.2 Å². The Morgan fingerprint density at radius 3 is 2.38 bits per heavy atom. The molecule has 3 aromatic rings. The summed E-state index contributed by atoms with van der Waals surface area (Å²) >= 11 is 0. The lowest BCUT2D eigenvalue weighted by Crippen LogP contribution is -2.46. The Balaban J connectivity index is 1.60. The van der Waals surface area contributed by atoms with Gasteiger partial charge in [0.2, 0.25) is 0 Å². The molecule has 7 heteroatoms. The molecule has 1 aliphatic heterocycles. The highest BCUT2D eigenvalue weighted by atomic mass is 16.2. The molecule has 1 aliphatic rings. The maximum absolute atomic E-state index is 13.2. The lowest BCUT2D eigenvalue weighted by molar-refractivity contribution is 0.102. The molecule has 2 aromatic carbocycles. The van der Waals surface area contributed by atoms with Crippen molar-refractivity contribution in [1.82, 2.24) is 14.7 Å². The summed E-state index contributed by atoms with van der Waals surface area (Å²) in [7, 11) is 0. The molecule has 0 spiro atoms. The monoisotopic (exact) mass is 433 g/mol. The molecule has 32 heavy (non-hydrogen) atoms. The van der Waals surface area contributed by atoms with Gasteiger partial charge in [0.25, 0.3) is 11.5 Å². The van der Waals surface area contributed by atoms with E-state index >= 15 is 0 Å². The third-order valence-electron chi connectivity index (χ3n) is 6.15. The van der Waals surface area contributed by atoms with Crippen LogP contribution < -0.4 is 15.8 Å². The molecular weight excluding hydrogens is 402 g/mol. The number of rotatable bonds is 5. The number of aromatic nitrogens is 2. The highest BCUT2D eigenvalue weighted by Gasteiger charge is 2.20. The van der Waals surface area contributed by atoms with Crippen LogP contribution in [-0.2, 0) is 0 Å². The standard InChI is InChI=1S/C25H31N5O2/c1-5-28-12-14-29(15-13-28)22-11-10-19(16-18(22)4)26-24(31)23-20-8-6-7-9-21(20)25(32)30(27-23)17(2)3/h6-11,16-17H,5,12-15H2,1-4H3,(H,26,31). The molecule has 7 nitrogen and oxygen atoms in total. The van der Waals surface area contributed by atoms with E-state index in [2.05, 4.69) is 40.1 Å². The van der Waals surface area contributed by atoms with Gasteiger partial charge in [-0.3, -0.25) is 9.59 Å². The number of carbonyl (C=O) groups excluding carboxylic acids is 1. The Morgan fingerprint density at radius 1 is 1.06 bits per heavy atom. The van der Waals surface area contributed by atoms with Crippen LogP contribution in [0.3, 0.4) is 0 Å². The first-order valence-corrected chi connectivity index (χ1v) is 11.3. The zero-order valence-corrected chi connectivity index (χ0v) is 19.3. The Labute approximate surface area is 188 Å². The van der Waals surface area contributed by atoms with Gasteiger partial charge >= 0.3 is 0 Å². The molecule has 0 aliphatic carbocycles. The molecule has 1 N–H and O–H groups in total. The van der Waals surface area contributed by atoms with Crippen molar-refractivity contribution < 1.29 is 4.79 Å². The van der Waals surface area contributed by atoms with Gasteiger partial charge in [0.05, 0.1) is 11.4 Å². The van der Waals surface area contributed by atoms with Gasteiger partial charge in [-0.1, -0.05) is 25.1 Å². The summed E-state index contributed by atoms with van der Waals surface area (Å²) in [5.74, 6) is -0.320. The van der Waals surface area contributed by atoms with E-state index in [1.165, 1.54) is 10.4 Å². The lowest BCUT2D eigenvalue weighted by atomic mass is 10.1. The zero-order valence-electron chi connectivity index (χ0n) is 19.3. The number of aryl methyl sites for hydroxylation is 1. The minimum Gasteiger partial charge on any atom is -0.369 e. The topological polar surface area (TPSA) is 70.5 Å². The fourth-order valence-corrected chi connectivity index (χ4v) is 4.31. The van der Waals surface area contributed by atoms with Crippen LogP contribution in [0.5, 0.6) is 0 Å². The van der Waals surface area contributed by atoms with Gasteiger partial charge in [-0.05, 0) is 57.1 Å². The van der Waals surface area contributed by atoms with Crippen LogP contribution in [0.2, 0.25) is 0 Å². The maximum Gasteiger partial charge on any atom is 0.276 e. The van der Waals surface area contributed by atoms with Crippen molar-refractivity contribution in [2.45, 2.75) is 33.7 Å². The average Bonchev–Trinajstić information content (AvgIpc) is 2.79. The largest absolute Gasteiger partial charge is 0.369 e. The first kappa shape index (κ1) is 22.0. The first-order chi connectivity index (χ1) is 15.4. The summed E-state index contributed by atoms with van der Waals surface area (Å²) < 4.78 is 1.38. The number of amides is 1. The first-order valence-electron chi connectivity index (χ1n) is 11.3. The number of anilines is 2. The Hall–Kier alpha value is -3.19. The van der Waals surface area contributed by atoms with Crippen molar-refractivity contribution in [2.24, 2.45) is 0 Å². The Kier molecular flexibility index (Phi) is 6.28. The Morgan fingerprint density at radius 2 is 1.75 bits per heavy atom. The van der Waals surface area contributed by atoms with Gasteiger partial charge < -0.3 is 15.1 Å². The zero-order chi connectivity index (χ0) is 22.8. The molecule has 1 aromatic heterocycles. The van der Waals surface area contributed by atoms with E-state index < -0.39 is 0 Å². The number of piperazine rings is 1. The van der Waals surface area contributed by atoms with Crippen LogP contribution in [-0.4, -0.2) is 53.3 Å². The van der Waals surface area contributed by atoms with Gasteiger partial charge in [-0.15, -0.1) is 0 Å². The average molecular weight is 434 g/mol. The Bertz CT molecular complexity index is 1190. The number of benzene rings is 2. The second kappa shape index (κ2) is 9.12. The molecule has 0 bridgehead atoms. The van der Waals surface area contributed by atoms with Crippen molar-refractivity contribution in [2.75, 3.05) is 42.9 Å². The van der Waals surface area contributed by atoms with E-state index in [1.54, 1.807) is 18.2 Å². The summed E-state index contributed by atoms with van der Waals surface area (Å²) in [5, 5.41) is 8.45. The van der Waals surface area contributed by atoms with Crippen molar-refractivity contribution >= 4 is 28.1 Å². The fourth-order valence-electron chi connectivity index (χ4n) is 4.31. The molecule has 0 unspecified atom stereocenters. The summed E-state index contributed by atoms with van der Waals surface area (Å²) in [4.78, 5) is 30.8. The minimum absolute atomic E-state index is 0.145. The second-order valence-electron chi connectivity index (χ2n) is 8.61. The molecule has 4 rings (SSSR count). The molecule has 2 heterocycles. The van der Waals surface area contributed by atoms with E-state index in [9.17, 15) is 9.59 Å². The van der Waals surface area contributed by atoms with Gasteiger partial charge in [0.15, 0.2) is 5.69 Å². The number of fused-ring (bicyclic) bond motifs is 1. The van der Waals surface area contributed by atoms with Gasteiger partial charge in [0.1, 0.15) is 0 Å². The summed E-state index contributed by atoms with van der Waals surface area (Å²) in [5.41, 5.74) is 3.12. The molecule has 0 atom stereocenters. The highest BCUT2D eigenvalue weighted by Crippen LogP contribution is 2.25. The molecular formula is C25H31N5O2. The normalized spacial score (nSPS) is 14.8. The van der Waals surface area contributed by atoms with Crippen LogP contribution >= 0.6 is 0 Å². The summed E-state index contributed by atoms with van der Waals surface area (Å²) in [6.07, 6.45) is 0. The smallest absolute Gasteiger partial charge is 0.276 e. The maximum atomic E-state index is 13.2. The van der Waals surface area contributed by atoms with E-state index in [0.717, 1.165) is 44.0 Å². The van der Waals surface area contributed by atoms with Crippen LogP contribution in [0.15, 0.2) is 47.3 Å². The highest BCUT2D eigenvalue weighted by molar-refractivity contribution is 6.11.